The van der Waals surface area contributed by atoms with Crippen LogP contribution >= 0.6 is 11.6 Å². The van der Waals surface area contributed by atoms with Gasteiger partial charge in [0.2, 0.25) is 21.9 Å². The summed E-state index contributed by atoms with van der Waals surface area (Å²) in [7, 11) is 0.0622. The first-order valence-corrected chi connectivity index (χ1v) is 15.1. The minimum atomic E-state index is -3.63. The predicted molar refractivity (Wildman–Crippen MR) is 161 cm³/mol. The van der Waals surface area contributed by atoms with Gasteiger partial charge in [0.25, 0.3) is 0 Å². The third-order valence-corrected chi connectivity index (χ3v) is 7.75. The van der Waals surface area contributed by atoms with Crippen LogP contribution in [0.1, 0.15) is 13.8 Å². The average molecular weight is 599 g/mol. The van der Waals surface area contributed by atoms with E-state index in [1.807, 2.05) is 12.1 Å². The van der Waals surface area contributed by atoms with Gasteiger partial charge in [-0.1, -0.05) is 11.6 Å². The summed E-state index contributed by atoms with van der Waals surface area (Å²) in [5.41, 5.74) is 2.06. The van der Waals surface area contributed by atoms with Crippen molar-refractivity contribution in [3.8, 4) is 5.88 Å². The first kappa shape index (κ1) is 28.5. The Kier molecular flexibility index (Phi) is 7.98. The maximum Gasteiger partial charge on any atom is 0.239 e. The molecule has 3 aromatic heterocycles. The highest BCUT2D eigenvalue weighted by Gasteiger charge is 2.27. The highest BCUT2D eigenvalue weighted by atomic mass is 35.5. The molecule has 4 aromatic rings. The van der Waals surface area contributed by atoms with Crippen molar-refractivity contribution < 1.29 is 13.2 Å². The molecule has 0 aliphatic carbocycles. The van der Waals surface area contributed by atoms with Gasteiger partial charge in [-0.05, 0) is 45.2 Å². The Morgan fingerprint density at radius 3 is 2.39 bits per heavy atom. The lowest BCUT2D eigenvalue weighted by atomic mass is 10.1. The number of rotatable bonds is 8. The molecule has 0 bridgehead atoms. The van der Waals surface area contributed by atoms with E-state index < -0.39 is 10.0 Å². The number of nitrogens with zero attached hydrogens (tertiary/aromatic N) is 7. The summed E-state index contributed by atoms with van der Waals surface area (Å²) < 4.78 is 32.4. The van der Waals surface area contributed by atoms with Crippen LogP contribution < -0.4 is 25.0 Å². The monoisotopic (exact) mass is 598 g/mol. The van der Waals surface area contributed by atoms with Gasteiger partial charge in [-0.2, -0.15) is 9.97 Å². The Hall–Kier alpha value is -4.01. The van der Waals surface area contributed by atoms with Gasteiger partial charge in [0.15, 0.2) is 5.82 Å². The van der Waals surface area contributed by atoms with Crippen molar-refractivity contribution in [2.75, 3.05) is 53.8 Å². The van der Waals surface area contributed by atoms with Gasteiger partial charge in [0.1, 0.15) is 22.0 Å². The number of hydrogen-bond acceptors (Lipinski definition) is 12. The molecule has 5 rings (SSSR count). The molecule has 1 aliphatic rings. The van der Waals surface area contributed by atoms with Gasteiger partial charge in [-0.25, -0.2) is 13.4 Å². The lowest BCUT2D eigenvalue weighted by Gasteiger charge is -2.43. The van der Waals surface area contributed by atoms with Crippen molar-refractivity contribution in [2.45, 2.75) is 25.9 Å². The fraction of sp³-hybridized carbons (Fsp3) is 0.346. The predicted octanol–water partition coefficient (Wildman–Crippen LogP) is 3.86. The minimum Gasteiger partial charge on any atom is -0.479 e. The van der Waals surface area contributed by atoms with Crippen LogP contribution in [0.5, 0.6) is 5.88 Å². The number of sulfonamides is 1. The Balaban J connectivity index is 1.42. The molecule has 2 atom stereocenters. The Labute approximate surface area is 243 Å². The summed E-state index contributed by atoms with van der Waals surface area (Å²) in [5.74, 6) is 1.68. The number of methoxy groups -OCH3 is 1. The number of aromatic nitrogens is 5. The Morgan fingerprint density at radius 1 is 0.976 bits per heavy atom. The van der Waals surface area contributed by atoms with Crippen LogP contribution in [0.25, 0.3) is 11.0 Å². The van der Waals surface area contributed by atoms with Gasteiger partial charge in [0.05, 0.1) is 36.5 Å². The molecule has 216 valence electrons. The van der Waals surface area contributed by atoms with Crippen molar-refractivity contribution >= 4 is 67.3 Å². The van der Waals surface area contributed by atoms with Gasteiger partial charge < -0.3 is 20.3 Å². The molecule has 0 saturated carbocycles. The second-order valence-electron chi connectivity index (χ2n) is 9.92. The molecule has 1 fully saturated rings. The van der Waals surface area contributed by atoms with Crippen LogP contribution in [0.2, 0.25) is 5.02 Å². The molecule has 41 heavy (non-hydrogen) atoms. The number of pyridine rings is 1. The van der Waals surface area contributed by atoms with E-state index in [9.17, 15) is 8.42 Å². The number of likely N-dealkylation sites (N-methyl/N-ethyl adjacent to an activating group) is 1. The standard InChI is InChI=1S/C26H31ClN10O3S/c1-15-13-37(14-16(2)36(15)3)21-9-8-20(25(33-21)40-4)32-26-30-12-17(27)24(34-26)31-19-7-6-18-22(29-11-10-28-18)23(19)35-41(5,38)39/h6-12,15-16,35H,13-14H2,1-5H3,(H2,30,31,32,34)/t15-,16?/m0/s1. The molecule has 0 amide bonds. The molecular weight excluding hydrogens is 568 g/mol. The zero-order valence-electron chi connectivity index (χ0n) is 23.3. The normalized spacial score (nSPS) is 17.9. The highest BCUT2D eigenvalue weighted by Crippen LogP contribution is 2.35. The summed E-state index contributed by atoms with van der Waals surface area (Å²) >= 11 is 6.42. The third kappa shape index (κ3) is 6.34. The highest BCUT2D eigenvalue weighted by molar-refractivity contribution is 7.92. The summed E-state index contributed by atoms with van der Waals surface area (Å²) in [6.07, 6.45) is 5.51. The molecule has 1 aliphatic heterocycles. The molecule has 1 saturated heterocycles. The van der Waals surface area contributed by atoms with Crippen LogP contribution in [0.3, 0.4) is 0 Å². The van der Waals surface area contributed by atoms with Gasteiger partial charge in [-0.3, -0.25) is 19.6 Å². The summed E-state index contributed by atoms with van der Waals surface area (Å²) in [4.78, 5) is 26.7. The average Bonchev–Trinajstić information content (AvgIpc) is 2.94. The lowest BCUT2D eigenvalue weighted by Crippen LogP contribution is -2.55. The van der Waals surface area contributed by atoms with Crippen molar-refractivity contribution in [2.24, 2.45) is 0 Å². The molecule has 4 heterocycles. The number of hydrogen-bond donors (Lipinski definition) is 3. The van der Waals surface area contributed by atoms with E-state index in [4.69, 9.17) is 21.3 Å². The van der Waals surface area contributed by atoms with E-state index in [0.717, 1.165) is 25.2 Å². The number of benzene rings is 1. The fourth-order valence-corrected chi connectivity index (χ4v) is 5.36. The molecule has 0 radical (unpaired) electrons. The number of halogens is 1. The topological polar surface area (TPSA) is 150 Å². The van der Waals surface area contributed by atoms with E-state index in [2.05, 4.69) is 66.0 Å². The SMILES string of the molecule is COc1nc(N2CC(C)N(C)[C@@H](C)C2)ccc1Nc1ncc(Cl)c(Nc2ccc3nccnc3c2NS(C)(=O)=O)n1. The third-order valence-electron chi connectivity index (χ3n) is 6.89. The quantitative estimate of drug-likeness (QED) is 0.270. The number of anilines is 6. The molecule has 15 heteroatoms. The zero-order valence-corrected chi connectivity index (χ0v) is 24.8. The minimum absolute atomic E-state index is 0.219. The van der Waals surface area contributed by atoms with E-state index in [0.29, 0.717) is 40.4 Å². The number of ether oxygens (including phenoxy) is 1. The molecule has 1 aromatic carbocycles. The van der Waals surface area contributed by atoms with E-state index in [-0.39, 0.29) is 22.5 Å². The summed E-state index contributed by atoms with van der Waals surface area (Å²) in [6, 6.07) is 7.97. The summed E-state index contributed by atoms with van der Waals surface area (Å²) in [6.45, 7) is 6.11. The second kappa shape index (κ2) is 11.5. The van der Waals surface area contributed by atoms with Crippen molar-refractivity contribution in [3.05, 3.63) is 47.9 Å². The van der Waals surface area contributed by atoms with Crippen LogP contribution in [0, 0.1) is 0 Å². The summed E-state index contributed by atoms with van der Waals surface area (Å²) in [5, 5.41) is 6.47. The van der Waals surface area contributed by atoms with Crippen LogP contribution in [-0.2, 0) is 10.0 Å². The lowest BCUT2D eigenvalue weighted by molar-refractivity contribution is 0.169. The number of fused-ring (bicyclic) bond motifs is 1. The maximum absolute atomic E-state index is 12.1. The van der Waals surface area contributed by atoms with Crippen LogP contribution in [0.4, 0.5) is 34.6 Å². The Bertz CT molecular complexity index is 1680. The largest absolute Gasteiger partial charge is 0.479 e. The second-order valence-corrected chi connectivity index (χ2v) is 12.1. The first-order chi connectivity index (χ1) is 19.5. The van der Waals surface area contributed by atoms with Crippen molar-refractivity contribution in [1.82, 2.24) is 29.8 Å². The van der Waals surface area contributed by atoms with E-state index in [1.54, 1.807) is 19.2 Å². The smallest absolute Gasteiger partial charge is 0.239 e. The Morgan fingerprint density at radius 2 is 1.68 bits per heavy atom. The van der Waals surface area contributed by atoms with Crippen LogP contribution in [0.15, 0.2) is 42.9 Å². The van der Waals surface area contributed by atoms with Crippen molar-refractivity contribution in [1.29, 1.82) is 0 Å². The number of nitrogens with one attached hydrogen (secondary N) is 3. The van der Waals surface area contributed by atoms with Crippen molar-refractivity contribution in [3.63, 3.8) is 0 Å². The fourth-order valence-electron chi connectivity index (χ4n) is 4.64. The zero-order chi connectivity index (χ0) is 29.3. The van der Waals surface area contributed by atoms with Gasteiger partial charge >= 0.3 is 0 Å². The van der Waals surface area contributed by atoms with Gasteiger partial charge in [0, 0.05) is 37.6 Å². The molecular formula is C26H31ClN10O3S. The molecule has 13 nitrogen and oxygen atoms in total. The van der Waals surface area contributed by atoms with Gasteiger partial charge in [-0.15, -0.1) is 0 Å². The van der Waals surface area contributed by atoms with E-state index >= 15 is 0 Å². The van der Waals surface area contributed by atoms with Crippen LogP contribution in [-0.4, -0.2) is 83.8 Å². The molecule has 1 unspecified atom stereocenters. The molecule has 3 N–H and O–H groups in total. The number of piperazine rings is 1. The van der Waals surface area contributed by atoms with E-state index in [1.165, 1.54) is 18.6 Å². The first-order valence-electron chi connectivity index (χ1n) is 12.8. The maximum atomic E-state index is 12.1. The molecule has 0 spiro atoms.